The lowest BCUT2D eigenvalue weighted by atomic mass is 10.1. The van der Waals surface area contributed by atoms with Gasteiger partial charge in [0.25, 0.3) is 0 Å². The fourth-order valence-corrected chi connectivity index (χ4v) is 1.79. The molecule has 84 valence electrons. The predicted octanol–water partition coefficient (Wildman–Crippen LogP) is 2.17. The van der Waals surface area contributed by atoms with Crippen LogP contribution in [0.4, 0.5) is 5.69 Å². The summed E-state index contributed by atoms with van der Waals surface area (Å²) in [6.07, 6.45) is 4.22. The van der Waals surface area contributed by atoms with Crippen molar-refractivity contribution < 1.29 is 0 Å². The van der Waals surface area contributed by atoms with Crippen molar-refractivity contribution in [2.45, 2.75) is 39.3 Å². The first kappa shape index (κ1) is 12.0. The minimum atomic E-state index is 0.509. The first-order valence-electron chi connectivity index (χ1n) is 5.60. The zero-order valence-corrected chi connectivity index (χ0v) is 9.90. The molecule has 0 fully saturated rings. The fraction of sp³-hybridized carbons (Fsp3) is 0.583. The average molecular weight is 207 g/mol. The molecule has 0 saturated carbocycles. The first-order valence-corrected chi connectivity index (χ1v) is 5.60. The second-order valence-electron chi connectivity index (χ2n) is 3.79. The number of aromatic nitrogens is 1. The van der Waals surface area contributed by atoms with E-state index in [0.29, 0.717) is 12.6 Å². The summed E-state index contributed by atoms with van der Waals surface area (Å²) < 4.78 is 0. The Balaban J connectivity index is 2.76. The highest BCUT2D eigenvalue weighted by Gasteiger charge is 2.10. The van der Waals surface area contributed by atoms with Gasteiger partial charge in [0.2, 0.25) is 0 Å². The lowest BCUT2D eigenvalue weighted by molar-refractivity contribution is 0.591. The summed E-state index contributed by atoms with van der Waals surface area (Å²) in [7, 11) is 2.12. The van der Waals surface area contributed by atoms with E-state index in [1.54, 1.807) is 0 Å². The molecule has 0 unspecified atom stereocenters. The summed E-state index contributed by atoms with van der Waals surface area (Å²) in [6, 6.07) is 4.68. The number of anilines is 1. The van der Waals surface area contributed by atoms with Gasteiger partial charge in [0.05, 0.1) is 17.6 Å². The monoisotopic (exact) mass is 207 g/mol. The summed E-state index contributed by atoms with van der Waals surface area (Å²) in [6.45, 7) is 4.94. The van der Waals surface area contributed by atoms with E-state index in [0.717, 1.165) is 18.5 Å². The summed E-state index contributed by atoms with van der Waals surface area (Å²) in [5.74, 6) is 0. The van der Waals surface area contributed by atoms with Crippen molar-refractivity contribution in [2.75, 3.05) is 11.9 Å². The van der Waals surface area contributed by atoms with Crippen molar-refractivity contribution in [3.8, 4) is 0 Å². The highest BCUT2D eigenvalue weighted by Crippen LogP contribution is 2.17. The number of hydrogen-bond donors (Lipinski definition) is 1. The van der Waals surface area contributed by atoms with Gasteiger partial charge in [-0.1, -0.05) is 13.8 Å². The molecule has 0 aromatic carbocycles. The lowest BCUT2D eigenvalue weighted by Crippen LogP contribution is -2.30. The van der Waals surface area contributed by atoms with Gasteiger partial charge in [-0.25, -0.2) is 0 Å². The van der Waals surface area contributed by atoms with Crippen LogP contribution < -0.4 is 10.6 Å². The van der Waals surface area contributed by atoms with Crippen molar-refractivity contribution >= 4 is 5.69 Å². The summed E-state index contributed by atoms with van der Waals surface area (Å²) in [5, 5.41) is 0. The average Bonchev–Trinajstić information content (AvgIpc) is 2.30. The van der Waals surface area contributed by atoms with Crippen molar-refractivity contribution in [1.29, 1.82) is 0 Å². The molecule has 1 aromatic heterocycles. The molecule has 0 amide bonds. The maximum Gasteiger partial charge on any atom is 0.0552 e. The quantitative estimate of drug-likeness (QED) is 0.804. The molecule has 0 aliphatic heterocycles. The number of rotatable bonds is 5. The van der Waals surface area contributed by atoms with Gasteiger partial charge in [0.1, 0.15) is 0 Å². The van der Waals surface area contributed by atoms with Crippen LogP contribution in [0.25, 0.3) is 0 Å². The van der Waals surface area contributed by atoms with Crippen LogP contribution in [0.2, 0.25) is 0 Å². The maximum atomic E-state index is 5.51. The van der Waals surface area contributed by atoms with Gasteiger partial charge in [0, 0.05) is 19.6 Å². The van der Waals surface area contributed by atoms with E-state index >= 15 is 0 Å². The van der Waals surface area contributed by atoms with Crippen molar-refractivity contribution in [1.82, 2.24) is 4.98 Å². The topological polar surface area (TPSA) is 42.1 Å². The Morgan fingerprint density at radius 2 is 2.00 bits per heavy atom. The molecule has 1 rings (SSSR count). The smallest absolute Gasteiger partial charge is 0.0552 e. The summed E-state index contributed by atoms with van der Waals surface area (Å²) in [4.78, 5) is 6.59. The normalized spacial score (nSPS) is 10.7. The third-order valence-corrected chi connectivity index (χ3v) is 2.92. The van der Waals surface area contributed by atoms with E-state index < -0.39 is 0 Å². The Morgan fingerprint density at radius 1 is 1.33 bits per heavy atom. The molecule has 3 nitrogen and oxygen atoms in total. The first-order chi connectivity index (χ1) is 7.22. The SMILES string of the molecule is CCC(CC)N(C)c1ccc(CN)nc1. The molecule has 2 N–H and O–H groups in total. The summed E-state index contributed by atoms with van der Waals surface area (Å²) >= 11 is 0. The van der Waals surface area contributed by atoms with Gasteiger partial charge in [-0.2, -0.15) is 0 Å². The third kappa shape index (κ3) is 2.93. The van der Waals surface area contributed by atoms with Crippen LogP contribution in [-0.2, 0) is 6.54 Å². The molecule has 0 atom stereocenters. The fourth-order valence-electron chi connectivity index (χ4n) is 1.79. The van der Waals surface area contributed by atoms with E-state index in [4.69, 9.17) is 5.73 Å². The van der Waals surface area contributed by atoms with Crippen LogP contribution in [0.1, 0.15) is 32.4 Å². The minimum absolute atomic E-state index is 0.509. The summed E-state index contributed by atoms with van der Waals surface area (Å²) in [5.41, 5.74) is 7.62. The standard InChI is InChI=1S/C12H21N3/c1-4-11(5-2)15(3)12-7-6-10(8-13)14-9-12/h6-7,9,11H,4-5,8,13H2,1-3H3. The van der Waals surface area contributed by atoms with E-state index in [9.17, 15) is 0 Å². The molecule has 0 radical (unpaired) electrons. The second kappa shape index (κ2) is 5.71. The Bertz CT molecular complexity index is 277. The van der Waals surface area contributed by atoms with E-state index in [1.165, 1.54) is 5.69 Å². The van der Waals surface area contributed by atoms with Gasteiger partial charge in [-0.05, 0) is 25.0 Å². The molecule has 0 aliphatic rings. The number of hydrogen-bond acceptors (Lipinski definition) is 3. The second-order valence-corrected chi connectivity index (χ2v) is 3.79. The van der Waals surface area contributed by atoms with Crippen LogP contribution >= 0.6 is 0 Å². The maximum absolute atomic E-state index is 5.51. The Hall–Kier alpha value is -1.09. The Kier molecular flexibility index (Phi) is 4.56. The van der Waals surface area contributed by atoms with Crippen molar-refractivity contribution in [2.24, 2.45) is 5.73 Å². The van der Waals surface area contributed by atoms with Crippen LogP contribution in [0.15, 0.2) is 18.3 Å². The highest BCUT2D eigenvalue weighted by molar-refractivity contribution is 5.44. The number of nitrogens with zero attached hydrogens (tertiary/aromatic N) is 2. The zero-order valence-electron chi connectivity index (χ0n) is 9.90. The van der Waals surface area contributed by atoms with Crippen LogP contribution in [0, 0.1) is 0 Å². The van der Waals surface area contributed by atoms with Gasteiger partial charge in [-0.15, -0.1) is 0 Å². The van der Waals surface area contributed by atoms with Gasteiger partial charge in [-0.3, -0.25) is 4.98 Å². The van der Waals surface area contributed by atoms with E-state index in [2.05, 4.69) is 36.8 Å². The molecule has 0 aliphatic carbocycles. The molecule has 1 heterocycles. The van der Waals surface area contributed by atoms with Crippen LogP contribution in [0.3, 0.4) is 0 Å². The Morgan fingerprint density at radius 3 is 2.40 bits per heavy atom. The van der Waals surface area contributed by atoms with Crippen molar-refractivity contribution in [3.05, 3.63) is 24.0 Å². The molecule has 1 aromatic rings. The predicted molar refractivity (Wildman–Crippen MR) is 64.9 cm³/mol. The molecule has 0 spiro atoms. The van der Waals surface area contributed by atoms with Gasteiger partial charge >= 0.3 is 0 Å². The largest absolute Gasteiger partial charge is 0.370 e. The lowest BCUT2D eigenvalue weighted by Gasteiger charge is -2.28. The Labute approximate surface area is 92.3 Å². The van der Waals surface area contributed by atoms with E-state index in [1.807, 2.05) is 12.3 Å². The van der Waals surface area contributed by atoms with Crippen molar-refractivity contribution in [3.63, 3.8) is 0 Å². The molecule has 3 heteroatoms. The molecule has 0 bridgehead atoms. The van der Waals surface area contributed by atoms with Crippen LogP contribution in [0.5, 0.6) is 0 Å². The molecular formula is C12H21N3. The van der Waals surface area contributed by atoms with E-state index in [-0.39, 0.29) is 0 Å². The van der Waals surface area contributed by atoms with Gasteiger partial charge in [0.15, 0.2) is 0 Å². The molecule has 15 heavy (non-hydrogen) atoms. The zero-order chi connectivity index (χ0) is 11.3. The number of pyridine rings is 1. The third-order valence-electron chi connectivity index (χ3n) is 2.92. The van der Waals surface area contributed by atoms with Crippen LogP contribution in [-0.4, -0.2) is 18.1 Å². The molecular weight excluding hydrogens is 186 g/mol. The highest BCUT2D eigenvalue weighted by atomic mass is 15.1. The minimum Gasteiger partial charge on any atom is -0.370 e. The van der Waals surface area contributed by atoms with Gasteiger partial charge < -0.3 is 10.6 Å². The molecule has 0 saturated heterocycles. The number of nitrogens with two attached hydrogens (primary N) is 1.